The van der Waals surface area contributed by atoms with Crippen LogP contribution in [-0.4, -0.2) is 20.9 Å². The number of halogens is 1. The molecule has 0 atom stereocenters. The van der Waals surface area contributed by atoms with Crippen LogP contribution in [0.1, 0.15) is 16.1 Å². The first-order valence-electron chi connectivity index (χ1n) is 6.66. The summed E-state index contributed by atoms with van der Waals surface area (Å²) in [4.78, 5) is 12.2. The van der Waals surface area contributed by atoms with E-state index < -0.39 is 0 Å². The van der Waals surface area contributed by atoms with Gasteiger partial charge >= 0.3 is 0 Å². The van der Waals surface area contributed by atoms with Gasteiger partial charge in [0.05, 0.1) is 23.5 Å². The first-order valence-corrected chi connectivity index (χ1v) is 7.45. The lowest BCUT2D eigenvalue weighted by atomic mass is 10.2. The molecule has 112 valence electrons. The minimum absolute atomic E-state index is 0.199. The van der Waals surface area contributed by atoms with Crippen molar-refractivity contribution in [2.24, 2.45) is 0 Å². The lowest BCUT2D eigenvalue weighted by molar-refractivity contribution is 0.102. The number of nitrogens with one attached hydrogen (secondary N) is 1. The third-order valence-electron chi connectivity index (χ3n) is 3.10. The van der Waals surface area contributed by atoms with Crippen LogP contribution in [0.2, 0.25) is 0 Å². The summed E-state index contributed by atoms with van der Waals surface area (Å²) in [7, 11) is 0. The zero-order chi connectivity index (χ0) is 16.2. The summed E-state index contributed by atoms with van der Waals surface area (Å²) in [6.45, 7) is 0. The lowest BCUT2D eigenvalue weighted by Gasteiger charge is -2.03. The maximum Gasteiger partial charge on any atom is 0.277 e. The normalized spacial score (nSPS) is 10.1. The van der Waals surface area contributed by atoms with E-state index in [-0.39, 0.29) is 11.6 Å². The van der Waals surface area contributed by atoms with Gasteiger partial charge in [0.15, 0.2) is 5.69 Å². The van der Waals surface area contributed by atoms with E-state index in [1.807, 2.05) is 30.3 Å². The van der Waals surface area contributed by atoms with Crippen molar-refractivity contribution in [1.29, 1.82) is 5.26 Å². The van der Waals surface area contributed by atoms with Gasteiger partial charge in [-0.3, -0.25) is 4.79 Å². The fourth-order valence-electron chi connectivity index (χ4n) is 1.95. The van der Waals surface area contributed by atoms with Crippen LogP contribution < -0.4 is 5.32 Å². The highest BCUT2D eigenvalue weighted by molar-refractivity contribution is 9.10. The van der Waals surface area contributed by atoms with Gasteiger partial charge in [0.2, 0.25) is 0 Å². The Labute approximate surface area is 140 Å². The number of nitrogens with zero attached hydrogens (tertiary/aromatic N) is 4. The summed E-state index contributed by atoms with van der Waals surface area (Å²) in [5.74, 6) is -0.368. The molecule has 0 radical (unpaired) electrons. The van der Waals surface area contributed by atoms with Gasteiger partial charge < -0.3 is 5.32 Å². The van der Waals surface area contributed by atoms with Crippen LogP contribution in [0.25, 0.3) is 5.69 Å². The number of rotatable bonds is 3. The van der Waals surface area contributed by atoms with Crippen molar-refractivity contribution in [2.75, 3.05) is 5.32 Å². The number of anilines is 1. The molecule has 0 bridgehead atoms. The Bertz CT molecular complexity index is 895. The van der Waals surface area contributed by atoms with Crippen molar-refractivity contribution in [2.45, 2.75) is 0 Å². The Morgan fingerprint density at radius 1 is 1.17 bits per heavy atom. The fourth-order valence-corrected chi connectivity index (χ4v) is 2.41. The first-order chi connectivity index (χ1) is 11.2. The molecule has 2 aromatic carbocycles. The molecule has 0 saturated carbocycles. The predicted octanol–water partition coefficient (Wildman–Crippen LogP) is 3.15. The predicted molar refractivity (Wildman–Crippen MR) is 88.2 cm³/mol. The minimum atomic E-state index is -0.368. The molecule has 0 aliphatic heterocycles. The number of para-hydroxylation sites is 1. The van der Waals surface area contributed by atoms with Gasteiger partial charge in [0, 0.05) is 10.2 Å². The molecule has 6 nitrogen and oxygen atoms in total. The van der Waals surface area contributed by atoms with Gasteiger partial charge in [0.1, 0.15) is 0 Å². The third kappa shape index (κ3) is 3.27. The summed E-state index contributed by atoms with van der Waals surface area (Å²) < 4.78 is 2.38. The molecule has 1 heterocycles. The van der Waals surface area contributed by atoms with E-state index in [0.717, 1.165) is 10.2 Å². The second-order valence-electron chi connectivity index (χ2n) is 4.64. The monoisotopic (exact) mass is 367 g/mol. The number of benzene rings is 2. The van der Waals surface area contributed by atoms with Gasteiger partial charge in [-0.1, -0.05) is 17.3 Å². The van der Waals surface area contributed by atoms with E-state index in [1.165, 1.54) is 4.68 Å². The Balaban J connectivity index is 1.78. The summed E-state index contributed by atoms with van der Waals surface area (Å²) in [6, 6.07) is 16.1. The second kappa shape index (κ2) is 6.42. The topological polar surface area (TPSA) is 83.6 Å². The van der Waals surface area contributed by atoms with Crippen molar-refractivity contribution < 1.29 is 4.79 Å². The summed E-state index contributed by atoms with van der Waals surface area (Å²) >= 11 is 3.43. The lowest BCUT2D eigenvalue weighted by Crippen LogP contribution is -2.12. The smallest absolute Gasteiger partial charge is 0.277 e. The molecule has 3 rings (SSSR count). The van der Waals surface area contributed by atoms with Crippen LogP contribution >= 0.6 is 15.9 Å². The summed E-state index contributed by atoms with van der Waals surface area (Å²) in [5, 5.41) is 19.3. The van der Waals surface area contributed by atoms with E-state index in [9.17, 15) is 4.79 Å². The van der Waals surface area contributed by atoms with Crippen LogP contribution in [0, 0.1) is 11.3 Å². The average molecular weight is 368 g/mol. The van der Waals surface area contributed by atoms with Crippen LogP contribution in [0.4, 0.5) is 5.69 Å². The molecule has 1 aromatic heterocycles. The van der Waals surface area contributed by atoms with Crippen molar-refractivity contribution in [3.05, 3.63) is 70.5 Å². The van der Waals surface area contributed by atoms with Crippen molar-refractivity contribution >= 4 is 27.5 Å². The number of hydrogen-bond donors (Lipinski definition) is 1. The molecule has 0 aliphatic carbocycles. The number of carbonyl (C=O) groups excluding carboxylic acids is 1. The van der Waals surface area contributed by atoms with Gasteiger partial charge in [-0.25, -0.2) is 4.68 Å². The molecule has 7 heteroatoms. The van der Waals surface area contributed by atoms with Crippen molar-refractivity contribution in [1.82, 2.24) is 15.0 Å². The quantitative estimate of drug-likeness (QED) is 0.770. The fraction of sp³-hybridized carbons (Fsp3) is 0. The van der Waals surface area contributed by atoms with Crippen LogP contribution in [0.3, 0.4) is 0 Å². The van der Waals surface area contributed by atoms with E-state index in [1.54, 1.807) is 30.5 Å². The van der Waals surface area contributed by atoms with Crippen LogP contribution in [-0.2, 0) is 0 Å². The zero-order valence-corrected chi connectivity index (χ0v) is 13.4. The molecule has 23 heavy (non-hydrogen) atoms. The summed E-state index contributed by atoms with van der Waals surface area (Å²) in [5.41, 5.74) is 2.11. The number of hydrogen-bond acceptors (Lipinski definition) is 4. The van der Waals surface area contributed by atoms with Crippen molar-refractivity contribution in [3.63, 3.8) is 0 Å². The number of aromatic nitrogens is 3. The maximum atomic E-state index is 12.2. The molecule has 0 fully saturated rings. The largest absolute Gasteiger partial charge is 0.321 e. The minimum Gasteiger partial charge on any atom is -0.321 e. The molecular weight excluding hydrogens is 358 g/mol. The number of amides is 1. The molecule has 0 aliphatic rings. The average Bonchev–Trinajstić information content (AvgIpc) is 3.06. The van der Waals surface area contributed by atoms with Gasteiger partial charge in [-0.05, 0) is 52.3 Å². The first kappa shape index (κ1) is 14.9. The Hall–Kier alpha value is -2.98. The molecule has 3 aromatic rings. The Morgan fingerprint density at radius 2 is 1.91 bits per heavy atom. The Morgan fingerprint density at radius 3 is 2.61 bits per heavy atom. The molecule has 0 unspecified atom stereocenters. The molecule has 1 amide bonds. The zero-order valence-electron chi connectivity index (χ0n) is 11.8. The highest BCUT2D eigenvalue weighted by Crippen LogP contribution is 2.19. The Kier molecular flexibility index (Phi) is 4.17. The third-order valence-corrected chi connectivity index (χ3v) is 3.77. The van der Waals surface area contributed by atoms with E-state index in [2.05, 4.69) is 31.6 Å². The van der Waals surface area contributed by atoms with E-state index >= 15 is 0 Å². The number of carbonyl (C=O) groups is 1. The van der Waals surface area contributed by atoms with Crippen LogP contribution in [0.15, 0.2) is 59.2 Å². The highest BCUT2D eigenvalue weighted by atomic mass is 79.9. The molecule has 1 N–H and O–H groups in total. The SMILES string of the molecule is N#Cc1ccc(NC(=O)c2cn(-c3ccccc3Br)nn2)cc1. The van der Waals surface area contributed by atoms with Gasteiger partial charge in [-0.2, -0.15) is 5.26 Å². The van der Waals surface area contributed by atoms with E-state index in [4.69, 9.17) is 5.26 Å². The molecular formula is C16H10BrN5O. The van der Waals surface area contributed by atoms with Gasteiger partial charge in [-0.15, -0.1) is 5.10 Å². The van der Waals surface area contributed by atoms with Crippen molar-refractivity contribution in [3.8, 4) is 11.8 Å². The van der Waals surface area contributed by atoms with Gasteiger partial charge in [0.25, 0.3) is 5.91 Å². The highest BCUT2D eigenvalue weighted by Gasteiger charge is 2.13. The molecule has 0 saturated heterocycles. The maximum absolute atomic E-state index is 12.2. The number of nitriles is 1. The summed E-state index contributed by atoms with van der Waals surface area (Å²) in [6.07, 6.45) is 1.55. The second-order valence-corrected chi connectivity index (χ2v) is 5.50. The molecule has 0 spiro atoms. The van der Waals surface area contributed by atoms with E-state index in [0.29, 0.717) is 11.3 Å². The standard InChI is InChI=1S/C16H10BrN5O/c17-13-3-1-2-4-15(13)22-10-14(20-21-22)16(23)19-12-7-5-11(9-18)6-8-12/h1-8,10H,(H,19,23). The van der Waals surface area contributed by atoms with Crippen LogP contribution in [0.5, 0.6) is 0 Å².